The van der Waals surface area contributed by atoms with Crippen molar-refractivity contribution >= 4 is 5.91 Å². The number of hydrogen-bond donors (Lipinski definition) is 1. The largest absolute Gasteiger partial charge is 0.339 e. The summed E-state index contributed by atoms with van der Waals surface area (Å²) < 4.78 is 0. The highest BCUT2D eigenvalue weighted by Crippen LogP contribution is 2.29. The van der Waals surface area contributed by atoms with Crippen LogP contribution in [0.4, 0.5) is 0 Å². The van der Waals surface area contributed by atoms with E-state index in [9.17, 15) is 4.79 Å². The average molecular weight is 265 g/mol. The molecule has 4 nitrogen and oxygen atoms in total. The van der Waals surface area contributed by atoms with E-state index in [0.717, 1.165) is 51.7 Å². The smallest absolute Gasteiger partial charge is 0.242 e. The van der Waals surface area contributed by atoms with Crippen molar-refractivity contribution < 1.29 is 4.79 Å². The van der Waals surface area contributed by atoms with E-state index in [1.165, 1.54) is 25.8 Å². The third-order valence-corrected chi connectivity index (χ3v) is 5.26. The van der Waals surface area contributed by atoms with Crippen LogP contribution in [0.15, 0.2) is 0 Å². The fraction of sp³-hybridized carbons (Fsp3) is 0.933. The molecular weight excluding hydrogens is 238 g/mol. The molecule has 2 saturated heterocycles. The van der Waals surface area contributed by atoms with Gasteiger partial charge in [-0.05, 0) is 38.6 Å². The second kappa shape index (κ2) is 5.41. The van der Waals surface area contributed by atoms with Gasteiger partial charge in [0.05, 0.1) is 5.54 Å². The highest BCUT2D eigenvalue weighted by molar-refractivity contribution is 5.86. The molecule has 0 aromatic heterocycles. The van der Waals surface area contributed by atoms with Gasteiger partial charge in [0.1, 0.15) is 0 Å². The van der Waals surface area contributed by atoms with Gasteiger partial charge in [0, 0.05) is 25.7 Å². The molecule has 1 amide bonds. The van der Waals surface area contributed by atoms with E-state index < -0.39 is 5.54 Å². The summed E-state index contributed by atoms with van der Waals surface area (Å²) in [4.78, 5) is 17.5. The monoisotopic (exact) mass is 265 g/mol. The lowest BCUT2D eigenvalue weighted by Gasteiger charge is -2.37. The third kappa shape index (κ3) is 2.65. The molecule has 0 spiro atoms. The Hall–Kier alpha value is -0.610. The predicted octanol–water partition coefficient (Wildman–Crippen LogP) is 1.34. The molecule has 108 valence electrons. The standard InChI is InChI=1S/C15H27N3O/c16-15(7-2-1-3-8-15)14(19)18-11-5-10-17-9-4-6-13(17)12-18/h13H,1-12,16H2. The molecule has 4 heteroatoms. The first-order valence-electron chi connectivity index (χ1n) is 8.01. The maximum Gasteiger partial charge on any atom is 0.242 e. The first-order chi connectivity index (χ1) is 9.19. The maximum atomic E-state index is 12.8. The molecule has 1 atom stereocenters. The lowest BCUT2D eigenvalue weighted by molar-refractivity contribution is -0.138. The molecule has 0 aromatic rings. The first kappa shape index (κ1) is 13.4. The lowest BCUT2D eigenvalue weighted by Crippen LogP contribution is -2.57. The van der Waals surface area contributed by atoms with Crippen molar-refractivity contribution in [3.05, 3.63) is 0 Å². The molecule has 2 heterocycles. The van der Waals surface area contributed by atoms with Gasteiger partial charge in [-0.15, -0.1) is 0 Å². The maximum absolute atomic E-state index is 12.8. The number of nitrogens with zero attached hydrogens (tertiary/aromatic N) is 2. The summed E-state index contributed by atoms with van der Waals surface area (Å²) in [6.07, 6.45) is 8.90. The molecule has 0 aromatic carbocycles. The van der Waals surface area contributed by atoms with E-state index in [2.05, 4.69) is 9.80 Å². The van der Waals surface area contributed by atoms with Crippen LogP contribution in [0, 0.1) is 0 Å². The molecule has 3 aliphatic rings. The quantitative estimate of drug-likeness (QED) is 0.778. The second-order valence-electron chi connectivity index (χ2n) is 6.65. The summed E-state index contributed by atoms with van der Waals surface area (Å²) in [5.74, 6) is 0.237. The molecular formula is C15H27N3O. The zero-order valence-corrected chi connectivity index (χ0v) is 11.9. The van der Waals surface area contributed by atoms with Crippen LogP contribution >= 0.6 is 0 Å². The number of carbonyl (C=O) groups excluding carboxylic acids is 1. The van der Waals surface area contributed by atoms with Crippen molar-refractivity contribution in [2.75, 3.05) is 26.2 Å². The summed E-state index contributed by atoms with van der Waals surface area (Å²) in [5, 5.41) is 0. The van der Waals surface area contributed by atoms with E-state index in [1.54, 1.807) is 0 Å². The number of carbonyl (C=O) groups is 1. The fourth-order valence-corrected chi connectivity index (χ4v) is 4.10. The SMILES string of the molecule is NC1(C(=O)N2CCCN3CCCC3C2)CCCCC1. The number of fused-ring (bicyclic) bond motifs is 1. The highest BCUT2D eigenvalue weighted by Gasteiger charge is 2.40. The van der Waals surface area contributed by atoms with Crippen LogP contribution in [0.2, 0.25) is 0 Å². The van der Waals surface area contributed by atoms with Gasteiger partial charge in [-0.3, -0.25) is 9.69 Å². The average Bonchev–Trinajstić information content (AvgIpc) is 2.76. The van der Waals surface area contributed by atoms with Crippen LogP contribution in [0.25, 0.3) is 0 Å². The number of amides is 1. The Bertz CT molecular complexity index is 338. The Labute approximate surface area is 116 Å². The third-order valence-electron chi connectivity index (χ3n) is 5.26. The minimum atomic E-state index is -0.550. The molecule has 2 aliphatic heterocycles. The molecule has 1 unspecified atom stereocenters. The van der Waals surface area contributed by atoms with Crippen LogP contribution < -0.4 is 5.73 Å². The molecule has 1 aliphatic carbocycles. The zero-order valence-electron chi connectivity index (χ0n) is 11.9. The summed E-state index contributed by atoms with van der Waals surface area (Å²) in [7, 11) is 0. The molecule has 2 N–H and O–H groups in total. The predicted molar refractivity (Wildman–Crippen MR) is 75.8 cm³/mol. The summed E-state index contributed by atoms with van der Waals surface area (Å²) >= 11 is 0. The summed E-state index contributed by atoms with van der Waals surface area (Å²) in [5.41, 5.74) is 5.87. The van der Waals surface area contributed by atoms with Gasteiger partial charge in [0.25, 0.3) is 0 Å². The van der Waals surface area contributed by atoms with Crippen LogP contribution in [-0.4, -0.2) is 53.5 Å². The Balaban J connectivity index is 1.68. The van der Waals surface area contributed by atoms with Gasteiger partial charge >= 0.3 is 0 Å². The molecule has 3 fully saturated rings. The number of rotatable bonds is 1. The lowest BCUT2D eigenvalue weighted by atomic mass is 9.81. The normalized spacial score (nSPS) is 31.8. The van der Waals surface area contributed by atoms with Crippen LogP contribution in [0.3, 0.4) is 0 Å². The van der Waals surface area contributed by atoms with Crippen molar-refractivity contribution in [2.24, 2.45) is 5.73 Å². The van der Waals surface area contributed by atoms with E-state index in [0.29, 0.717) is 6.04 Å². The molecule has 0 bridgehead atoms. The van der Waals surface area contributed by atoms with Gasteiger partial charge in [0.2, 0.25) is 5.91 Å². The van der Waals surface area contributed by atoms with Gasteiger partial charge in [-0.2, -0.15) is 0 Å². The molecule has 1 saturated carbocycles. The van der Waals surface area contributed by atoms with Crippen molar-refractivity contribution in [1.82, 2.24) is 9.80 Å². The summed E-state index contributed by atoms with van der Waals surface area (Å²) in [6, 6.07) is 0.596. The van der Waals surface area contributed by atoms with Crippen molar-refractivity contribution in [1.29, 1.82) is 0 Å². The van der Waals surface area contributed by atoms with E-state index in [4.69, 9.17) is 5.73 Å². The van der Waals surface area contributed by atoms with Gasteiger partial charge < -0.3 is 10.6 Å². The van der Waals surface area contributed by atoms with Crippen molar-refractivity contribution in [3.8, 4) is 0 Å². The fourth-order valence-electron chi connectivity index (χ4n) is 4.10. The Kier molecular flexibility index (Phi) is 3.81. The topological polar surface area (TPSA) is 49.6 Å². The minimum Gasteiger partial charge on any atom is -0.339 e. The van der Waals surface area contributed by atoms with Crippen LogP contribution in [-0.2, 0) is 4.79 Å². The Morgan fingerprint density at radius 2 is 1.74 bits per heavy atom. The van der Waals surface area contributed by atoms with Crippen molar-refractivity contribution in [3.63, 3.8) is 0 Å². The van der Waals surface area contributed by atoms with Gasteiger partial charge in [-0.25, -0.2) is 0 Å². The molecule has 0 radical (unpaired) electrons. The Morgan fingerprint density at radius 1 is 1.00 bits per heavy atom. The van der Waals surface area contributed by atoms with Crippen LogP contribution in [0.1, 0.15) is 51.4 Å². The van der Waals surface area contributed by atoms with E-state index in [1.807, 2.05) is 0 Å². The highest BCUT2D eigenvalue weighted by atomic mass is 16.2. The first-order valence-corrected chi connectivity index (χ1v) is 8.01. The summed E-state index contributed by atoms with van der Waals surface area (Å²) in [6.45, 7) is 4.20. The van der Waals surface area contributed by atoms with Crippen LogP contribution in [0.5, 0.6) is 0 Å². The van der Waals surface area contributed by atoms with E-state index in [-0.39, 0.29) is 5.91 Å². The second-order valence-corrected chi connectivity index (χ2v) is 6.65. The van der Waals surface area contributed by atoms with E-state index >= 15 is 0 Å². The zero-order chi connectivity index (χ0) is 13.3. The molecule has 3 rings (SSSR count). The van der Waals surface area contributed by atoms with Crippen molar-refractivity contribution in [2.45, 2.75) is 62.9 Å². The van der Waals surface area contributed by atoms with Gasteiger partial charge in [0.15, 0.2) is 0 Å². The molecule has 19 heavy (non-hydrogen) atoms. The number of hydrogen-bond acceptors (Lipinski definition) is 3. The Morgan fingerprint density at radius 3 is 2.53 bits per heavy atom. The number of nitrogens with two attached hydrogens (primary N) is 1. The minimum absolute atomic E-state index is 0.237. The van der Waals surface area contributed by atoms with Gasteiger partial charge in [-0.1, -0.05) is 19.3 Å².